The molecule has 2 aromatic heterocycles. The minimum Gasteiger partial charge on any atom is -0.258 e. The van der Waals surface area contributed by atoms with Gasteiger partial charge in [0, 0.05) is 35.3 Å². The number of nitro groups is 2. The van der Waals surface area contributed by atoms with Gasteiger partial charge in [0.15, 0.2) is 0 Å². The van der Waals surface area contributed by atoms with Gasteiger partial charge in [-0.3, -0.25) is 20.2 Å². The highest BCUT2D eigenvalue weighted by Gasteiger charge is 2.14. The van der Waals surface area contributed by atoms with Gasteiger partial charge in [0.2, 0.25) is 0 Å². The second kappa shape index (κ2) is 7.93. The van der Waals surface area contributed by atoms with Crippen LogP contribution in [0.25, 0.3) is 21.8 Å². The Labute approximate surface area is 163 Å². The van der Waals surface area contributed by atoms with Crippen molar-refractivity contribution >= 4 is 44.8 Å². The van der Waals surface area contributed by atoms with Gasteiger partial charge in [-0.15, -0.1) is 0 Å². The summed E-state index contributed by atoms with van der Waals surface area (Å²) in [6, 6.07) is 13.1. The van der Waals surface area contributed by atoms with Gasteiger partial charge in [-0.1, -0.05) is 23.7 Å². The molecule has 0 amide bonds. The summed E-state index contributed by atoms with van der Waals surface area (Å²) in [5.41, 5.74) is 1.82. The van der Waals surface area contributed by atoms with Crippen LogP contribution in [0.4, 0.5) is 11.4 Å². The normalized spacial score (nSPS) is 10.4. The highest BCUT2D eigenvalue weighted by molar-refractivity contribution is 6.35. The Morgan fingerprint density at radius 1 is 0.786 bits per heavy atom. The first-order valence-corrected chi connectivity index (χ1v) is 8.44. The third-order valence-electron chi connectivity index (χ3n) is 4.05. The molecule has 4 rings (SSSR count). The van der Waals surface area contributed by atoms with Crippen LogP contribution in [-0.2, 0) is 0 Å². The van der Waals surface area contributed by atoms with Gasteiger partial charge in [0.25, 0.3) is 11.4 Å². The number of hydrogen-bond donors (Lipinski definition) is 0. The molecule has 0 aliphatic heterocycles. The van der Waals surface area contributed by atoms with Crippen LogP contribution in [0, 0.1) is 27.2 Å². The van der Waals surface area contributed by atoms with E-state index >= 15 is 0 Å². The molecular weight excluding hydrogens is 384 g/mol. The van der Waals surface area contributed by atoms with Crippen LogP contribution in [0.1, 0.15) is 5.56 Å². The van der Waals surface area contributed by atoms with Crippen LogP contribution in [0.15, 0.2) is 60.9 Å². The van der Waals surface area contributed by atoms with E-state index in [0.717, 1.165) is 10.9 Å². The quantitative estimate of drug-likeness (QED) is 0.338. The molecule has 0 aliphatic carbocycles. The Bertz CT molecular complexity index is 1120. The van der Waals surface area contributed by atoms with E-state index in [4.69, 9.17) is 11.6 Å². The number of hydrogen-bond acceptors (Lipinski definition) is 6. The maximum atomic E-state index is 10.7. The standard InChI is InChI=1S/C10H8N2O2.C9H5ClN2O2/c1-7-4-5-9(12(13)14)10-8(7)3-2-6-11-10;10-7-3-4-8(12(13)14)9-6(7)2-1-5-11-9/h2-6H,1H3;1-5H. The number of aryl methyl sites for hydroxylation is 1. The predicted molar refractivity (Wildman–Crippen MR) is 107 cm³/mol. The molecule has 0 saturated carbocycles. The average molecular weight is 397 g/mol. The Kier molecular flexibility index (Phi) is 5.42. The van der Waals surface area contributed by atoms with Crippen molar-refractivity contribution in [1.82, 2.24) is 9.97 Å². The van der Waals surface area contributed by atoms with Gasteiger partial charge < -0.3 is 0 Å². The molecule has 0 atom stereocenters. The van der Waals surface area contributed by atoms with Crippen molar-refractivity contribution in [3.8, 4) is 0 Å². The Morgan fingerprint density at radius 3 is 1.86 bits per heavy atom. The number of halogens is 1. The second-order valence-electron chi connectivity index (χ2n) is 5.78. The van der Waals surface area contributed by atoms with Gasteiger partial charge >= 0.3 is 0 Å². The molecule has 0 radical (unpaired) electrons. The summed E-state index contributed by atoms with van der Waals surface area (Å²) in [6.07, 6.45) is 3.07. The number of nitro benzene ring substituents is 2. The van der Waals surface area contributed by atoms with E-state index in [1.165, 1.54) is 24.4 Å². The van der Waals surface area contributed by atoms with Gasteiger partial charge in [0.1, 0.15) is 11.0 Å². The molecule has 0 spiro atoms. The highest BCUT2D eigenvalue weighted by Crippen LogP contribution is 2.29. The molecule has 8 nitrogen and oxygen atoms in total. The largest absolute Gasteiger partial charge is 0.295 e. The fraction of sp³-hybridized carbons (Fsp3) is 0.0526. The lowest BCUT2D eigenvalue weighted by Gasteiger charge is -2.00. The number of fused-ring (bicyclic) bond motifs is 2. The van der Waals surface area contributed by atoms with E-state index in [0.29, 0.717) is 21.4 Å². The van der Waals surface area contributed by atoms with E-state index in [2.05, 4.69) is 9.97 Å². The molecular formula is C19H13ClN4O4. The van der Waals surface area contributed by atoms with Gasteiger partial charge in [-0.2, -0.15) is 0 Å². The zero-order valence-electron chi connectivity index (χ0n) is 14.6. The SMILES string of the molecule is Cc1ccc([N+](=O)[O-])c2ncccc12.O=[N+]([O-])c1ccc(Cl)c2cccnc12. The molecule has 0 fully saturated rings. The van der Waals surface area contributed by atoms with Crippen molar-refractivity contribution in [3.05, 3.63) is 91.7 Å². The summed E-state index contributed by atoms with van der Waals surface area (Å²) >= 11 is 5.87. The molecule has 4 aromatic rings. The highest BCUT2D eigenvalue weighted by atomic mass is 35.5. The maximum absolute atomic E-state index is 10.7. The molecule has 0 saturated heterocycles. The lowest BCUT2D eigenvalue weighted by atomic mass is 10.1. The summed E-state index contributed by atoms with van der Waals surface area (Å²) in [5, 5.41) is 23.2. The molecule has 0 unspecified atom stereocenters. The number of rotatable bonds is 2. The van der Waals surface area contributed by atoms with E-state index < -0.39 is 9.85 Å². The van der Waals surface area contributed by atoms with E-state index in [1.807, 2.05) is 13.0 Å². The van der Waals surface area contributed by atoms with Crippen LogP contribution >= 0.6 is 11.6 Å². The minimum atomic E-state index is -0.467. The summed E-state index contributed by atoms with van der Waals surface area (Å²) in [5.74, 6) is 0. The lowest BCUT2D eigenvalue weighted by Crippen LogP contribution is -1.92. The van der Waals surface area contributed by atoms with Crippen LogP contribution in [0.3, 0.4) is 0 Å². The summed E-state index contributed by atoms with van der Waals surface area (Å²) < 4.78 is 0. The fourth-order valence-corrected chi connectivity index (χ4v) is 2.93. The van der Waals surface area contributed by atoms with Crippen molar-refractivity contribution in [2.75, 3.05) is 0 Å². The van der Waals surface area contributed by atoms with Crippen LogP contribution < -0.4 is 0 Å². The second-order valence-corrected chi connectivity index (χ2v) is 6.19. The first-order valence-electron chi connectivity index (χ1n) is 8.06. The minimum absolute atomic E-state index is 0.0231. The van der Waals surface area contributed by atoms with E-state index in [-0.39, 0.29) is 11.4 Å². The molecule has 2 aromatic carbocycles. The number of nitrogens with zero attached hydrogens (tertiary/aromatic N) is 4. The van der Waals surface area contributed by atoms with Crippen LogP contribution in [0.2, 0.25) is 5.02 Å². The van der Waals surface area contributed by atoms with Gasteiger partial charge in [-0.05, 0) is 36.8 Å². The zero-order valence-corrected chi connectivity index (χ0v) is 15.3. The van der Waals surface area contributed by atoms with Crippen molar-refractivity contribution in [2.45, 2.75) is 6.92 Å². The third-order valence-corrected chi connectivity index (χ3v) is 4.38. The molecule has 2 heterocycles. The lowest BCUT2D eigenvalue weighted by molar-refractivity contribution is -0.383. The fourth-order valence-electron chi connectivity index (χ4n) is 2.72. The van der Waals surface area contributed by atoms with Crippen molar-refractivity contribution in [2.24, 2.45) is 0 Å². The Balaban J connectivity index is 0.000000161. The van der Waals surface area contributed by atoms with Crippen molar-refractivity contribution in [1.29, 1.82) is 0 Å². The molecule has 0 N–H and O–H groups in total. The number of benzene rings is 2. The summed E-state index contributed by atoms with van der Waals surface area (Å²) in [7, 11) is 0. The first-order chi connectivity index (χ1) is 13.4. The number of pyridine rings is 2. The molecule has 0 aliphatic rings. The molecule has 0 bridgehead atoms. The first kappa shape index (κ1) is 19.1. The van der Waals surface area contributed by atoms with Crippen LogP contribution in [0.5, 0.6) is 0 Å². The Morgan fingerprint density at radius 2 is 1.29 bits per heavy atom. The van der Waals surface area contributed by atoms with Crippen molar-refractivity contribution in [3.63, 3.8) is 0 Å². The van der Waals surface area contributed by atoms with Gasteiger partial charge in [-0.25, -0.2) is 9.97 Å². The Hall–Kier alpha value is -3.65. The summed E-state index contributed by atoms with van der Waals surface area (Å²) in [4.78, 5) is 28.4. The van der Waals surface area contributed by atoms with Crippen LogP contribution in [-0.4, -0.2) is 19.8 Å². The summed E-state index contributed by atoms with van der Waals surface area (Å²) in [6.45, 7) is 1.91. The van der Waals surface area contributed by atoms with E-state index in [9.17, 15) is 20.2 Å². The maximum Gasteiger partial charge on any atom is 0.295 e. The third kappa shape index (κ3) is 3.72. The van der Waals surface area contributed by atoms with E-state index in [1.54, 1.807) is 30.5 Å². The van der Waals surface area contributed by atoms with Gasteiger partial charge in [0.05, 0.1) is 14.9 Å². The molecule has 28 heavy (non-hydrogen) atoms. The monoisotopic (exact) mass is 396 g/mol. The number of non-ortho nitro benzene ring substituents is 2. The zero-order chi connectivity index (χ0) is 20.3. The number of aromatic nitrogens is 2. The smallest absolute Gasteiger partial charge is 0.258 e. The topological polar surface area (TPSA) is 112 Å². The predicted octanol–water partition coefficient (Wildman–Crippen LogP) is 5.25. The molecule has 9 heteroatoms. The van der Waals surface area contributed by atoms with Crippen molar-refractivity contribution < 1.29 is 9.85 Å². The molecule has 140 valence electrons. The average Bonchev–Trinajstić information content (AvgIpc) is 2.69.